The minimum atomic E-state index is -0.0141. The van der Waals surface area contributed by atoms with Crippen LogP contribution in [0.25, 0.3) is 0 Å². The normalized spacial score (nSPS) is 10.2. The van der Waals surface area contributed by atoms with Gasteiger partial charge in [-0.05, 0) is 36.6 Å². The van der Waals surface area contributed by atoms with Crippen molar-refractivity contribution in [2.24, 2.45) is 0 Å². The largest absolute Gasteiger partial charge is 0.497 e. The third-order valence-electron chi connectivity index (χ3n) is 3.70. The molecule has 0 aliphatic rings. The SMILES string of the molecule is C=C([B]CNCc1cc(OC)cc(OCc2ccccc2)c1)C(C)=O. The highest BCUT2D eigenvalue weighted by Crippen LogP contribution is 2.23. The van der Waals surface area contributed by atoms with Gasteiger partial charge in [-0.3, -0.25) is 4.79 Å². The van der Waals surface area contributed by atoms with Gasteiger partial charge in [0.1, 0.15) is 23.9 Å². The van der Waals surface area contributed by atoms with Crippen LogP contribution in [0.4, 0.5) is 0 Å². The number of carbonyl (C=O) groups is 1. The quantitative estimate of drug-likeness (QED) is 0.411. The van der Waals surface area contributed by atoms with E-state index in [0.29, 0.717) is 25.1 Å². The van der Waals surface area contributed by atoms with Crippen LogP contribution in [0.1, 0.15) is 18.1 Å². The number of methoxy groups -OCH3 is 1. The molecule has 0 atom stereocenters. The lowest BCUT2D eigenvalue weighted by atomic mass is 9.69. The smallest absolute Gasteiger partial charge is 0.173 e. The highest BCUT2D eigenvalue weighted by atomic mass is 16.5. The van der Waals surface area contributed by atoms with Crippen molar-refractivity contribution in [2.75, 3.05) is 13.6 Å². The molecule has 0 saturated heterocycles. The Bertz CT molecular complexity index is 716. The molecule has 0 spiro atoms. The van der Waals surface area contributed by atoms with Gasteiger partial charge in [-0.1, -0.05) is 35.8 Å². The first-order valence-electron chi connectivity index (χ1n) is 8.17. The summed E-state index contributed by atoms with van der Waals surface area (Å²) >= 11 is 0. The van der Waals surface area contributed by atoms with Gasteiger partial charge in [0.25, 0.3) is 0 Å². The molecule has 0 aliphatic heterocycles. The van der Waals surface area contributed by atoms with Gasteiger partial charge in [-0.25, -0.2) is 0 Å². The molecular weight excluding hydrogens is 313 g/mol. The van der Waals surface area contributed by atoms with Crippen LogP contribution in [0.3, 0.4) is 0 Å². The van der Waals surface area contributed by atoms with Gasteiger partial charge in [0.05, 0.1) is 7.11 Å². The molecule has 5 heteroatoms. The molecule has 4 nitrogen and oxygen atoms in total. The number of rotatable bonds is 10. The van der Waals surface area contributed by atoms with Gasteiger partial charge < -0.3 is 14.8 Å². The second-order valence-electron chi connectivity index (χ2n) is 5.71. The molecule has 0 fully saturated rings. The van der Waals surface area contributed by atoms with E-state index in [1.807, 2.05) is 48.5 Å². The maximum absolute atomic E-state index is 11.1. The molecule has 0 unspecified atom stereocenters. The summed E-state index contributed by atoms with van der Waals surface area (Å²) in [6, 6.07) is 15.8. The fourth-order valence-electron chi connectivity index (χ4n) is 2.23. The summed E-state index contributed by atoms with van der Waals surface area (Å²) in [5.41, 5.74) is 2.68. The summed E-state index contributed by atoms with van der Waals surface area (Å²) in [5, 5.41) is 3.26. The van der Waals surface area contributed by atoms with E-state index in [4.69, 9.17) is 9.47 Å². The zero-order chi connectivity index (χ0) is 18.1. The van der Waals surface area contributed by atoms with E-state index < -0.39 is 0 Å². The second-order valence-corrected chi connectivity index (χ2v) is 5.71. The number of ether oxygens (including phenoxy) is 2. The van der Waals surface area contributed by atoms with Crippen LogP contribution in [-0.4, -0.2) is 26.6 Å². The molecule has 0 saturated carbocycles. The van der Waals surface area contributed by atoms with Crippen molar-refractivity contribution in [1.29, 1.82) is 0 Å². The van der Waals surface area contributed by atoms with E-state index in [9.17, 15) is 4.79 Å². The average Bonchev–Trinajstić information content (AvgIpc) is 2.64. The fourth-order valence-corrected chi connectivity index (χ4v) is 2.23. The van der Waals surface area contributed by atoms with Crippen molar-refractivity contribution in [3.63, 3.8) is 0 Å². The van der Waals surface area contributed by atoms with E-state index in [-0.39, 0.29) is 5.78 Å². The van der Waals surface area contributed by atoms with Crippen molar-refractivity contribution in [3.05, 3.63) is 71.7 Å². The summed E-state index contributed by atoms with van der Waals surface area (Å²) in [4.78, 5) is 11.1. The minimum Gasteiger partial charge on any atom is -0.497 e. The Kier molecular flexibility index (Phi) is 7.29. The predicted molar refractivity (Wildman–Crippen MR) is 101 cm³/mol. The number of allylic oxidation sites excluding steroid dienone is 1. The zero-order valence-corrected chi connectivity index (χ0v) is 14.7. The Morgan fingerprint density at radius 3 is 2.52 bits per heavy atom. The molecule has 25 heavy (non-hydrogen) atoms. The first-order chi connectivity index (χ1) is 12.1. The summed E-state index contributed by atoms with van der Waals surface area (Å²) in [6.07, 6.45) is 0.579. The highest BCUT2D eigenvalue weighted by molar-refractivity contribution is 6.53. The van der Waals surface area contributed by atoms with E-state index in [0.717, 1.165) is 22.6 Å². The first kappa shape index (κ1) is 18.8. The van der Waals surface area contributed by atoms with Crippen LogP contribution < -0.4 is 14.8 Å². The highest BCUT2D eigenvalue weighted by Gasteiger charge is 2.05. The van der Waals surface area contributed by atoms with Crippen molar-refractivity contribution in [2.45, 2.75) is 20.1 Å². The van der Waals surface area contributed by atoms with Gasteiger partial charge in [-0.15, -0.1) is 6.58 Å². The number of hydrogen-bond donors (Lipinski definition) is 1. The zero-order valence-electron chi connectivity index (χ0n) is 14.7. The lowest BCUT2D eigenvalue weighted by Crippen LogP contribution is -2.23. The molecule has 0 bridgehead atoms. The van der Waals surface area contributed by atoms with Crippen LogP contribution in [0, 0.1) is 0 Å². The Balaban J connectivity index is 1.92. The molecule has 2 aromatic carbocycles. The molecule has 129 valence electrons. The van der Waals surface area contributed by atoms with E-state index in [2.05, 4.69) is 11.9 Å². The Hall–Kier alpha value is -2.53. The van der Waals surface area contributed by atoms with Crippen molar-refractivity contribution in [1.82, 2.24) is 5.32 Å². The Morgan fingerprint density at radius 1 is 1.12 bits per heavy atom. The summed E-state index contributed by atoms with van der Waals surface area (Å²) in [6.45, 7) is 6.37. The third-order valence-corrected chi connectivity index (χ3v) is 3.70. The van der Waals surface area contributed by atoms with E-state index >= 15 is 0 Å². The monoisotopic (exact) mass is 336 g/mol. The molecule has 2 rings (SSSR count). The molecule has 1 radical (unpaired) electrons. The number of ketones is 1. The standard InChI is InChI=1S/C20H23BNO3/c1-15(16(2)23)21-14-22-12-18-9-19(24-3)11-20(10-18)25-13-17-7-5-4-6-8-17/h4-11,22H,1,12-14H2,2-3H3. The van der Waals surface area contributed by atoms with Crippen LogP contribution in [0.5, 0.6) is 11.5 Å². The molecule has 1 N–H and O–H groups in total. The van der Waals surface area contributed by atoms with Crippen LogP contribution in [-0.2, 0) is 17.9 Å². The minimum absolute atomic E-state index is 0.0141. The van der Waals surface area contributed by atoms with E-state index in [1.165, 1.54) is 6.92 Å². The summed E-state index contributed by atoms with van der Waals surface area (Å²) in [5.74, 6) is 1.50. The molecule has 0 amide bonds. The lowest BCUT2D eigenvalue weighted by molar-refractivity contribution is -0.113. The van der Waals surface area contributed by atoms with Crippen molar-refractivity contribution < 1.29 is 14.3 Å². The van der Waals surface area contributed by atoms with Gasteiger partial charge >= 0.3 is 0 Å². The third kappa shape index (κ3) is 6.47. The molecule has 0 heterocycles. The van der Waals surface area contributed by atoms with Gasteiger partial charge in [0, 0.05) is 12.6 Å². The Labute approximate surface area is 150 Å². The predicted octanol–water partition coefficient (Wildman–Crippen LogP) is 3.13. The van der Waals surface area contributed by atoms with Crippen molar-refractivity contribution in [3.8, 4) is 11.5 Å². The number of nitrogens with one attached hydrogen (secondary N) is 1. The van der Waals surface area contributed by atoms with Gasteiger partial charge in [-0.2, -0.15) is 0 Å². The molecular formula is C20H23BNO3. The number of Topliss-reactive ketones (excluding diaryl/α,β-unsaturated/α-hetero) is 1. The average molecular weight is 336 g/mol. The first-order valence-corrected chi connectivity index (χ1v) is 8.17. The maximum atomic E-state index is 11.1. The number of carbonyl (C=O) groups excluding carboxylic acids is 1. The topological polar surface area (TPSA) is 47.6 Å². The number of hydrogen-bond acceptors (Lipinski definition) is 4. The van der Waals surface area contributed by atoms with Crippen LogP contribution in [0.2, 0.25) is 0 Å². The van der Waals surface area contributed by atoms with Gasteiger partial charge in [0.2, 0.25) is 0 Å². The molecule has 0 aromatic heterocycles. The molecule has 2 aromatic rings. The molecule has 0 aliphatic carbocycles. The Morgan fingerprint density at radius 2 is 1.84 bits per heavy atom. The van der Waals surface area contributed by atoms with Crippen LogP contribution >= 0.6 is 0 Å². The van der Waals surface area contributed by atoms with Crippen LogP contribution in [0.15, 0.2) is 60.6 Å². The fraction of sp³-hybridized carbons (Fsp3) is 0.250. The van der Waals surface area contributed by atoms with E-state index in [1.54, 1.807) is 14.4 Å². The number of benzene rings is 2. The van der Waals surface area contributed by atoms with Gasteiger partial charge in [0.15, 0.2) is 7.28 Å². The van der Waals surface area contributed by atoms with Crippen molar-refractivity contribution >= 4 is 13.1 Å². The second kappa shape index (κ2) is 9.69. The maximum Gasteiger partial charge on any atom is 0.173 e. The lowest BCUT2D eigenvalue weighted by Gasteiger charge is -2.12. The summed E-state index contributed by atoms with van der Waals surface area (Å²) in [7, 11) is 3.42. The summed E-state index contributed by atoms with van der Waals surface area (Å²) < 4.78 is 11.2.